The quantitative estimate of drug-likeness (QED) is 0.458. The van der Waals surface area contributed by atoms with Crippen LogP contribution in [0.15, 0.2) is 42.0 Å². The Morgan fingerprint density at radius 2 is 1.79 bits per heavy atom. The Balaban J connectivity index is -0.000000490. The summed E-state index contributed by atoms with van der Waals surface area (Å²) < 4.78 is 0. The van der Waals surface area contributed by atoms with Gasteiger partial charge in [-0.25, -0.2) is 0 Å². The van der Waals surface area contributed by atoms with E-state index in [1.807, 2.05) is 6.07 Å². The van der Waals surface area contributed by atoms with E-state index in [0.29, 0.717) is 6.54 Å². The van der Waals surface area contributed by atoms with E-state index in [2.05, 4.69) is 63.2 Å². The summed E-state index contributed by atoms with van der Waals surface area (Å²) in [5, 5.41) is 0. The van der Waals surface area contributed by atoms with Gasteiger partial charge in [0, 0.05) is 6.54 Å². The van der Waals surface area contributed by atoms with Crippen LogP contribution in [0.5, 0.6) is 0 Å². The van der Waals surface area contributed by atoms with Crippen molar-refractivity contribution in [2.45, 2.75) is 26.2 Å². The first-order chi connectivity index (χ1) is 10.1. The van der Waals surface area contributed by atoms with E-state index < -0.39 is 0 Å². The van der Waals surface area contributed by atoms with Gasteiger partial charge in [0.15, 0.2) is 0 Å². The number of nitrogens with one attached hydrogen (secondary N) is 1. The second kappa shape index (κ2) is 16.3. The van der Waals surface area contributed by atoms with E-state index in [4.69, 9.17) is 5.73 Å². The molecular formula is C19H28Cl2N2Ti-2. The summed E-state index contributed by atoms with van der Waals surface area (Å²) in [5.41, 5.74) is 11.9. The molecule has 0 spiro atoms. The number of benzene rings is 1. The fourth-order valence-electron chi connectivity index (χ4n) is 2.31. The molecule has 0 radical (unpaired) electrons. The number of hydrogen-bond acceptors (Lipinski definition) is 1. The van der Waals surface area contributed by atoms with Gasteiger partial charge in [-0.2, -0.15) is 25.1 Å². The van der Waals surface area contributed by atoms with Crippen molar-refractivity contribution in [3.05, 3.63) is 65.8 Å². The minimum atomic E-state index is 0. The van der Waals surface area contributed by atoms with Gasteiger partial charge in [-0.15, -0.1) is 17.7 Å². The maximum atomic E-state index is 6.60. The van der Waals surface area contributed by atoms with E-state index in [0.717, 1.165) is 31.4 Å². The molecule has 134 valence electrons. The largest absolute Gasteiger partial charge is 2.00 e. The van der Waals surface area contributed by atoms with Gasteiger partial charge in [-0.1, -0.05) is 43.6 Å². The molecule has 1 N–H and O–H groups in total. The van der Waals surface area contributed by atoms with E-state index >= 15 is 0 Å². The molecule has 2 nitrogen and oxygen atoms in total. The standard InChI is InChI=1S/C15H18N.C4H10N.2ClH.Ti/c1-12-7-4-5-9-14(12)15-10-6-8-13(15)11-16(2)3;1-2-3-4-5;;;/h4-9H,1,10-11H2,2-3H3;5H,2-4H2,1H3;2*1H;/q2*-1;;;+2/p-2. The molecule has 1 aromatic rings. The van der Waals surface area contributed by atoms with Crippen molar-refractivity contribution in [2.75, 3.05) is 27.2 Å². The summed E-state index contributed by atoms with van der Waals surface area (Å²) in [6.07, 6.45) is 7.72. The summed E-state index contributed by atoms with van der Waals surface area (Å²) in [6, 6.07) is 8.37. The van der Waals surface area contributed by atoms with Crippen molar-refractivity contribution in [3.63, 3.8) is 0 Å². The smallest absolute Gasteiger partial charge is 1.00 e. The molecule has 2 rings (SSSR count). The SMILES string of the molecule is CCCC[NH-].[CH2-]c1ccccc1C1=C(CN(C)C)C=CC1.[Cl-].[Cl-].[Ti+2]. The van der Waals surface area contributed by atoms with E-state index in [1.54, 1.807) is 0 Å². The molecule has 5 heteroatoms. The van der Waals surface area contributed by atoms with Gasteiger partial charge in [-0.3, -0.25) is 0 Å². The normalized spacial score (nSPS) is 11.9. The minimum Gasteiger partial charge on any atom is -1.00 e. The van der Waals surface area contributed by atoms with Crippen LogP contribution < -0.4 is 24.8 Å². The molecule has 0 atom stereocenters. The molecular weight excluding hydrogens is 375 g/mol. The van der Waals surface area contributed by atoms with Crippen molar-refractivity contribution in [1.82, 2.24) is 4.90 Å². The minimum absolute atomic E-state index is 0. The van der Waals surface area contributed by atoms with Crippen LogP contribution in [0.25, 0.3) is 11.3 Å². The van der Waals surface area contributed by atoms with Crippen LogP contribution in [-0.2, 0) is 21.7 Å². The van der Waals surface area contributed by atoms with Crippen molar-refractivity contribution in [2.24, 2.45) is 0 Å². The molecule has 1 aliphatic rings. The van der Waals surface area contributed by atoms with Crippen molar-refractivity contribution < 1.29 is 46.5 Å². The summed E-state index contributed by atoms with van der Waals surface area (Å²) >= 11 is 0. The van der Waals surface area contributed by atoms with Crippen LogP contribution in [0, 0.1) is 6.92 Å². The van der Waals surface area contributed by atoms with Crippen molar-refractivity contribution >= 4 is 5.57 Å². The van der Waals surface area contributed by atoms with Crippen LogP contribution in [-0.4, -0.2) is 32.1 Å². The fraction of sp³-hybridized carbons (Fsp3) is 0.421. The summed E-state index contributed by atoms with van der Waals surface area (Å²) in [7, 11) is 4.21. The average Bonchev–Trinajstić information content (AvgIpc) is 2.88. The monoisotopic (exact) mass is 402 g/mol. The molecule has 1 aromatic carbocycles. The molecule has 1 aliphatic carbocycles. The van der Waals surface area contributed by atoms with E-state index in [9.17, 15) is 0 Å². The van der Waals surface area contributed by atoms with Gasteiger partial charge in [0.2, 0.25) is 0 Å². The van der Waals surface area contributed by atoms with E-state index in [1.165, 1.54) is 16.7 Å². The number of rotatable bonds is 5. The van der Waals surface area contributed by atoms with Crippen LogP contribution in [0.2, 0.25) is 0 Å². The number of unbranched alkanes of at least 4 members (excludes halogenated alkanes) is 1. The first kappa shape index (κ1) is 28.6. The Labute approximate surface area is 175 Å². The Morgan fingerprint density at radius 1 is 1.17 bits per heavy atom. The van der Waals surface area contributed by atoms with Crippen molar-refractivity contribution in [3.8, 4) is 0 Å². The van der Waals surface area contributed by atoms with Gasteiger partial charge >= 0.3 is 21.7 Å². The molecule has 0 saturated heterocycles. The molecule has 0 aromatic heterocycles. The maximum absolute atomic E-state index is 6.60. The number of likely N-dealkylation sites (N-methyl/N-ethyl adjacent to an activating group) is 1. The van der Waals surface area contributed by atoms with Gasteiger partial charge < -0.3 is 35.4 Å². The third-order valence-electron chi connectivity index (χ3n) is 3.39. The third kappa shape index (κ3) is 9.93. The Morgan fingerprint density at radius 3 is 2.25 bits per heavy atom. The summed E-state index contributed by atoms with van der Waals surface area (Å²) in [6.45, 7) is 7.79. The van der Waals surface area contributed by atoms with Gasteiger partial charge in [0.25, 0.3) is 0 Å². The Bertz CT molecular complexity index is 498. The average molecular weight is 403 g/mol. The van der Waals surface area contributed by atoms with Crippen LogP contribution in [0.1, 0.15) is 37.3 Å². The molecule has 0 heterocycles. The third-order valence-corrected chi connectivity index (χ3v) is 3.39. The zero-order chi connectivity index (χ0) is 15.7. The van der Waals surface area contributed by atoms with Gasteiger partial charge in [-0.05, 0) is 26.1 Å². The molecule has 0 amide bonds. The fourth-order valence-corrected chi connectivity index (χ4v) is 2.31. The number of halogens is 2. The van der Waals surface area contributed by atoms with Crippen LogP contribution >= 0.6 is 0 Å². The number of hydrogen-bond donors (Lipinski definition) is 0. The Kier molecular flexibility index (Phi) is 19.4. The predicted molar refractivity (Wildman–Crippen MR) is 94.2 cm³/mol. The predicted octanol–water partition coefficient (Wildman–Crippen LogP) is -1.01. The molecule has 0 aliphatic heterocycles. The second-order valence-electron chi connectivity index (χ2n) is 5.61. The van der Waals surface area contributed by atoms with Gasteiger partial charge in [0.1, 0.15) is 0 Å². The number of nitrogens with zero attached hydrogens (tertiary/aromatic N) is 1. The van der Waals surface area contributed by atoms with E-state index in [-0.39, 0.29) is 46.5 Å². The molecule has 0 saturated carbocycles. The van der Waals surface area contributed by atoms with Crippen LogP contribution in [0.3, 0.4) is 0 Å². The zero-order valence-corrected chi connectivity index (χ0v) is 18.0. The zero-order valence-electron chi connectivity index (χ0n) is 14.9. The Hall–Kier alpha value is -0.216. The van der Waals surface area contributed by atoms with Crippen LogP contribution in [0.4, 0.5) is 0 Å². The summed E-state index contributed by atoms with van der Waals surface area (Å²) in [4.78, 5) is 2.21. The topological polar surface area (TPSA) is 27.0 Å². The molecule has 0 unspecified atom stereocenters. The molecule has 0 bridgehead atoms. The van der Waals surface area contributed by atoms with Gasteiger partial charge in [0.05, 0.1) is 0 Å². The molecule has 24 heavy (non-hydrogen) atoms. The maximum Gasteiger partial charge on any atom is 2.00 e. The summed E-state index contributed by atoms with van der Waals surface area (Å²) in [5.74, 6) is 0. The first-order valence-corrected chi connectivity index (χ1v) is 7.69. The number of allylic oxidation sites excluding steroid dienone is 2. The molecule has 0 fully saturated rings. The first-order valence-electron chi connectivity index (χ1n) is 7.69. The van der Waals surface area contributed by atoms with Crippen molar-refractivity contribution in [1.29, 1.82) is 0 Å². The second-order valence-corrected chi connectivity index (χ2v) is 5.61.